The monoisotopic (exact) mass is 353 g/mol. The summed E-state index contributed by atoms with van der Waals surface area (Å²) in [5.41, 5.74) is 2.64. The maximum absolute atomic E-state index is 14.0. The maximum Gasteiger partial charge on any atom is 0.299 e. The Kier molecular flexibility index (Phi) is 5.19. The number of nitrogens with one attached hydrogen (secondary N) is 1. The first-order valence-corrected chi connectivity index (χ1v) is 7.88. The SMILES string of the molecule is Cc1cc(=O)c(C(=O)NOCc2ccccc2)nn1-c1ccccc1F. The highest BCUT2D eigenvalue weighted by Gasteiger charge is 2.16. The minimum atomic E-state index is -0.795. The molecule has 26 heavy (non-hydrogen) atoms. The van der Waals surface area contributed by atoms with E-state index in [0.29, 0.717) is 5.69 Å². The third-order valence-electron chi connectivity index (χ3n) is 3.65. The van der Waals surface area contributed by atoms with Gasteiger partial charge >= 0.3 is 0 Å². The van der Waals surface area contributed by atoms with Gasteiger partial charge in [-0.05, 0) is 24.6 Å². The van der Waals surface area contributed by atoms with Crippen LogP contribution >= 0.6 is 0 Å². The number of benzene rings is 2. The second kappa shape index (κ2) is 7.71. The number of aryl methyl sites for hydroxylation is 1. The molecule has 132 valence electrons. The Balaban J connectivity index is 1.81. The number of carbonyl (C=O) groups excluding carboxylic acids is 1. The number of hydrogen-bond acceptors (Lipinski definition) is 4. The number of rotatable bonds is 5. The van der Waals surface area contributed by atoms with E-state index in [1.54, 1.807) is 19.1 Å². The normalized spacial score (nSPS) is 10.5. The lowest BCUT2D eigenvalue weighted by atomic mass is 10.2. The standard InChI is InChI=1S/C19H16FN3O3/c1-13-11-17(24)18(21-23(13)16-10-6-5-9-15(16)20)19(25)22-26-12-14-7-3-2-4-8-14/h2-11H,12H2,1H3,(H,22,25). The van der Waals surface area contributed by atoms with Gasteiger partial charge in [-0.2, -0.15) is 5.10 Å². The molecule has 0 radical (unpaired) electrons. The van der Waals surface area contributed by atoms with Crippen molar-refractivity contribution in [1.29, 1.82) is 0 Å². The number of hydroxylamine groups is 1. The molecule has 7 heteroatoms. The molecule has 1 aromatic heterocycles. The predicted molar refractivity (Wildman–Crippen MR) is 93.2 cm³/mol. The quantitative estimate of drug-likeness (QED) is 0.716. The molecule has 3 aromatic rings. The van der Waals surface area contributed by atoms with Crippen molar-refractivity contribution < 1.29 is 14.0 Å². The second-order valence-corrected chi connectivity index (χ2v) is 5.57. The van der Waals surface area contributed by atoms with E-state index in [1.807, 2.05) is 30.3 Å². The number of halogens is 1. The van der Waals surface area contributed by atoms with E-state index in [4.69, 9.17) is 4.84 Å². The number of amides is 1. The third-order valence-corrected chi connectivity index (χ3v) is 3.65. The van der Waals surface area contributed by atoms with Gasteiger partial charge in [0.15, 0.2) is 5.69 Å². The van der Waals surface area contributed by atoms with E-state index >= 15 is 0 Å². The van der Waals surface area contributed by atoms with Crippen LogP contribution in [0.25, 0.3) is 5.69 Å². The molecular formula is C19H16FN3O3. The van der Waals surface area contributed by atoms with Crippen LogP contribution in [-0.4, -0.2) is 15.7 Å². The fourth-order valence-electron chi connectivity index (χ4n) is 2.38. The molecule has 0 unspecified atom stereocenters. The summed E-state index contributed by atoms with van der Waals surface area (Å²) in [6.07, 6.45) is 0. The molecule has 0 saturated carbocycles. The molecule has 1 amide bonds. The molecule has 0 aliphatic carbocycles. The van der Waals surface area contributed by atoms with E-state index in [1.165, 1.54) is 22.9 Å². The number of hydrogen-bond donors (Lipinski definition) is 1. The Labute approximate surface area is 148 Å². The number of aromatic nitrogens is 2. The van der Waals surface area contributed by atoms with Crippen molar-refractivity contribution in [1.82, 2.24) is 15.3 Å². The molecule has 3 rings (SSSR count). The summed E-state index contributed by atoms with van der Waals surface area (Å²) >= 11 is 0. The summed E-state index contributed by atoms with van der Waals surface area (Å²) in [6.45, 7) is 1.74. The predicted octanol–water partition coefficient (Wildman–Crippen LogP) is 2.54. The lowest BCUT2D eigenvalue weighted by Crippen LogP contribution is -2.32. The van der Waals surface area contributed by atoms with Crippen molar-refractivity contribution >= 4 is 5.91 Å². The van der Waals surface area contributed by atoms with Crippen LogP contribution in [0.1, 0.15) is 21.7 Å². The summed E-state index contributed by atoms with van der Waals surface area (Å²) < 4.78 is 15.2. The third kappa shape index (κ3) is 3.84. The van der Waals surface area contributed by atoms with Gasteiger partial charge in [0.1, 0.15) is 11.5 Å². The van der Waals surface area contributed by atoms with E-state index in [9.17, 15) is 14.0 Å². The lowest BCUT2D eigenvalue weighted by Gasteiger charge is -2.12. The summed E-state index contributed by atoms with van der Waals surface area (Å²) in [7, 11) is 0. The van der Waals surface area contributed by atoms with Crippen molar-refractivity contribution in [3.05, 3.63) is 93.7 Å². The van der Waals surface area contributed by atoms with Crippen molar-refractivity contribution in [3.63, 3.8) is 0 Å². The van der Waals surface area contributed by atoms with Crippen LogP contribution in [0.2, 0.25) is 0 Å². The second-order valence-electron chi connectivity index (χ2n) is 5.57. The largest absolute Gasteiger partial charge is 0.299 e. The van der Waals surface area contributed by atoms with Crippen molar-refractivity contribution in [2.24, 2.45) is 0 Å². The summed E-state index contributed by atoms with van der Waals surface area (Å²) in [5, 5.41) is 4.00. The Hall–Kier alpha value is -3.32. The minimum absolute atomic E-state index is 0.139. The highest BCUT2D eigenvalue weighted by Crippen LogP contribution is 2.13. The smallest absolute Gasteiger partial charge is 0.287 e. The van der Waals surface area contributed by atoms with E-state index in [0.717, 1.165) is 5.56 Å². The van der Waals surface area contributed by atoms with Gasteiger partial charge in [-0.3, -0.25) is 14.4 Å². The van der Waals surface area contributed by atoms with E-state index < -0.39 is 17.2 Å². The first kappa shape index (κ1) is 17.5. The fraction of sp³-hybridized carbons (Fsp3) is 0.105. The zero-order valence-corrected chi connectivity index (χ0v) is 14.0. The molecule has 6 nitrogen and oxygen atoms in total. The Bertz CT molecular complexity index is 987. The van der Waals surface area contributed by atoms with E-state index in [2.05, 4.69) is 10.6 Å². The van der Waals surface area contributed by atoms with Crippen LogP contribution in [0.4, 0.5) is 4.39 Å². The summed E-state index contributed by atoms with van der Waals surface area (Å²) in [6, 6.07) is 16.4. The maximum atomic E-state index is 14.0. The van der Waals surface area contributed by atoms with Gasteiger partial charge in [0, 0.05) is 11.8 Å². The number of carbonyl (C=O) groups is 1. The Morgan fingerprint density at radius 3 is 2.58 bits per heavy atom. The molecule has 0 bridgehead atoms. The average molecular weight is 353 g/mol. The molecular weight excluding hydrogens is 337 g/mol. The molecule has 0 aliphatic heterocycles. The van der Waals surface area contributed by atoms with Crippen LogP contribution in [0, 0.1) is 12.7 Å². The molecule has 0 aliphatic rings. The highest BCUT2D eigenvalue weighted by molar-refractivity contribution is 5.91. The van der Waals surface area contributed by atoms with E-state index in [-0.39, 0.29) is 18.0 Å². The first-order chi connectivity index (χ1) is 12.6. The van der Waals surface area contributed by atoms with Gasteiger partial charge in [-0.15, -0.1) is 0 Å². The zero-order valence-electron chi connectivity index (χ0n) is 14.0. The first-order valence-electron chi connectivity index (χ1n) is 7.88. The van der Waals surface area contributed by atoms with Crippen molar-refractivity contribution in [3.8, 4) is 5.69 Å². The minimum Gasteiger partial charge on any atom is -0.287 e. The van der Waals surface area contributed by atoms with Gasteiger partial charge in [0.05, 0.1) is 6.61 Å². The van der Waals surface area contributed by atoms with Gasteiger partial charge in [0.25, 0.3) is 5.91 Å². The van der Waals surface area contributed by atoms with Crippen LogP contribution in [-0.2, 0) is 11.4 Å². The van der Waals surface area contributed by atoms with Crippen LogP contribution in [0.15, 0.2) is 65.5 Å². The summed E-state index contributed by atoms with van der Waals surface area (Å²) in [5.74, 6) is -1.31. The van der Waals surface area contributed by atoms with Gasteiger partial charge in [-0.25, -0.2) is 14.6 Å². The highest BCUT2D eigenvalue weighted by atomic mass is 19.1. The van der Waals surface area contributed by atoms with Gasteiger partial charge in [0.2, 0.25) is 5.43 Å². The number of para-hydroxylation sites is 1. The molecule has 0 atom stereocenters. The van der Waals surface area contributed by atoms with Crippen molar-refractivity contribution in [2.45, 2.75) is 13.5 Å². The fourth-order valence-corrected chi connectivity index (χ4v) is 2.38. The topological polar surface area (TPSA) is 73.2 Å². The van der Waals surface area contributed by atoms with Crippen LogP contribution < -0.4 is 10.9 Å². The van der Waals surface area contributed by atoms with Gasteiger partial charge in [-0.1, -0.05) is 42.5 Å². The summed E-state index contributed by atoms with van der Waals surface area (Å²) in [4.78, 5) is 29.5. The average Bonchev–Trinajstić information content (AvgIpc) is 2.63. The molecule has 0 spiro atoms. The number of nitrogens with zero attached hydrogens (tertiary/aromatic N) is 2. The molecule has 1 N–H and O–H groups in total. The van der Waals surface area contributed by atoms with Gasteiger partial charge < -0.3 is 0 Å². The molecule has 1 heterocycles. The Morgan fingerprint density at radius 2 is 1.85 bits per heavy atom. The van der Waals surface area contributed by atoms with Crippen LogP contribution in [0.3, 0.4) is 0 Å². The molecule has 2 aromatic carbocycles. The lowest BCUT2D eigenvalue weighted by molar-refractivity contribution is 0.0227. The molecule has 0 saturated heterocycles. The van der Waals surface area contributed by atoms with Crippen molar-refractivity contribution in [2.75, 3.05) is 0 Å². The Morgan fingerprint density at radius 1 is 1.15 bits per heavy atom. The zero-order chi connectivity index (χ0) is 18.5. The molecule has 0 fully saturated rings. The van der Waals surface area contributed by atoms with Crippen LogP contribution in [0.5, 0.6) is 0 Å².